The summed E-state index contributed by atoms with van der Waals surface area (Å²) in [4.78, 5) is 26.2. The molecule has 1 saturated heterocycles. The Kier molecular flexibility index (Phi) is 5.23. The summed E-state index contributed by atoms with van der Waals surface area (Å²) in [5.41, 5.74) is 3.03. The number of aromatic nitrogens is 1. The Morgan fingerprint density at radius 3 is 2.46 bits per heavy atom. The van der Waals surface area contributed by atoms with Gasteiger partial charge in [-0.1, -0.05) is 0 Å². The van der Waals surface area contributed by atoms with Crippen molar-refractivity contribution >= 4 is 23.2 Å². The van der Waals surface area contributed by atoms with E-state index in [1.165, 1.54) is 13.0 Å². The van der Waals surface area contributed by atoms with E-state index in [4.69, 9.17) is 0 Å². The van der Waals surface area contributed by atoms with Crippen molar-refractivity contribution in [3.8, 4) is 0 Å². The second-order valence-corrected chi connectivity index (χ2v) is 7.09. The maximum absolute atomic E-state index is 12.7. The average Bonchev–Trinajstić information content (AvgIpc) is 3.12. The van der Waals surface area contributed by atoms with Crippen molar-refractivity contribution in [3.63, 3.8) is 0 Å². The number of hydrogen-bond acceptors (Lipinski definition) is 2. The van der Waals surface area contributed by atoms with Gasteiger partial charge in [0.1, 0.15) is 6.54 Å². The van der Waals surface area contributed by atoms with Gasteiger partial charge in [-0.15, -0.1) is 0 Å². The minimum Gasteiger partial charge on any atom is -0.339 e. The van der Waals surface area contributed by atoms with E-state index in [2.05, 4.69) is 5.32 Å². The van der Waals surface area contributed by atoms with Crippen molar-refractivity contribution in [2.45, 2.75) is 46.3 Å². The summed E-state index contributed by atoms with van der Waals surface area (Å²) >= 11 is 0. The highest BCUT2D eigenvalue weighted by Crippen LogP contribution is 2.28. The number of amides is 2. The Balaban J connectivity index is 1.79. The lowest BCUT2D eigenvalue weighted by Crippen LogP contribution is -2.24. The first-order valence-corrected chi connectivity index (χ1v) is 9.02. The number of rotatable bonds is 4. The number of aryl methyl sites for hydroxylation is 2. The number of carbonyl (C=O) groups is 2. The van der Waals surface area contributed by atoms with Gasteiger partial charge >= 0.3 is 6.18 Å². The minimum absolute atomic E-state index is 0.0805. The molecule has 150 valence electrons. The lowest BCUT2D eigenvalue weighted by molar-refractivity contribution is -0.141. The van der Waals surface area contributed by atoms with Crippen LogP contribution in [0.25, 0.3) is 0 Å². The molecule has 8 heteroatoms. The average molecular weight is 393 g/mol. The van der Waals surface area contributed by atoms with Gasteiger partial charge in [-0.05, 0) is 57.0 Å². The van der Waals surface area contributed by atoms with Gasteiger partial charge < -0.3 is 14.8 Å². The number of nitrogens with one attached hydrogen (secondary N) is 1. The molecule has 2 heterocycles. The number of halogens is 3. The third-order valence-electron chi connectivity index (χ3n) is 4.97. The third kappa shape index (κ3) is 4.05. The maximum atomic E-state index is 12.7. The fourth-order valence-corrected chi connectivity index (χ4v) is 3.59. The maximum Gasteiger partial charge on any atom is 0.406 e. The molecule has 1 aromatic heterocycles. The fraction of sp³-hybridized carbons (Fsp3) is 0.400. The van der Waals surface area contributed by atoms with E-state index < -0.39 is 18.6 Å². The van der Waals surface area contributed by atoms with E-state index >= 15 is 0 Å². The van der Waals surface area contributed by atoms with Crippen molar-refractivity contribution in [2.75, 3.05) is 16.8 Å². The van der Waals surface area contributed by atoms with Crippen LogP contribution >= 0.6 is 0 Å². The number of benzene rings is 1. The van der Waals surface area contributed by atoms with Crippen molar-refractivity contribution in [1.29, 1.82) is 0 Å². The lowest BCUT2D eigenvalue weighted by Gasteiger charge is -2.19. The molecule has 1 N–H and O–H groups in total. The van der Waals surface area contributed by atoms with Crippen LogP contribution in [-0.2, 0) is 11.3 Å². The Bertz CT molecular complexity index is 932. The first kappa shape index (κ1) is 20.0. The molecule has 1 aliphatic rings. The topological polar surface area (TPSA) is 54.3 Å². The summed E-state index contributed by atoms with van der Waals surface area (Å²) in [7, 11) is 0. The zero-order chi connectivity index (χ0) is 20.6. The Morgan fingerprint density at radius 2 is 1.89 bits per heavy atom. The van der Waals surface area contributed by atoms with E-state index in [0.717, 1.165) is 22.2 Å². The Morgan fingerprint density at radius 1 is 1.18 bits per heavy atom. The van der Waals surface area contributed by atoms with Crippen LogP contribution in [-0.4, -0.2) is 29.1 Å². The number of alkyl halides is 3. The van der Waals surface area contributed by atoms with E-state index in [-0.39, 0.29) is 17.2 Å². The molecule has 0 bridgehead atoms. The minimum atomic E-state index is -4.36. The van der Waals surface area contributed by atoms with E-state index in [1.807, 2.05) is 6.92 Å². The molecule has 1 fully saturated rings. The molecule has 1 aliphatic heterocycles. The molecule has 28 heavy (non-hydrogen) atoms. The number of hydrogen-bond donors (Lipinski definition) is 1. The predicted octanol–water partition coefficient (Wildman–Crippen LogP) is 4.35. The molecule has 2 aromatic rings. The van der Waals surface area contributed by atoms with E-state index in [1.54, 1.807) is 30.0 Å². The quantitative estimate of drug-likeness (QED) is 0.839. The first-order valence-electron chi connectivity index (χ1n) is 9.02. The molecule has 0 saturated carbocycles. The fourth-order valence-electron chi connectivity index (χ4n) is 3.59. The summed E-state index contributed by atoms with van der Waals surface area (Å²) in [6.07, 6.45) is -3.00. The molecule has 0 aliphatic carbocycles. The highest BCUT2D eigenvalue weighted by Gasteiger charge is 2.30. The summed E-state index contributed by atoms with van der Waals surface area (Å²) in [5, 5.41) is 2.74. The molecule has 0 spiro atoms. The molecule has 5 nitrogen and oxygen atoms in total. The van der Waals surface area contributed by atoms with Gasteiger partial charge in [0, 0.05) is 35.7 Å². The van der Waals surface area contributed by atoms with Crippen LogP contribution in [0.4, 0.5) is 24.5 Å². The van der Waals surface area contributed by atoms with Crippen molar-refractivity contribution in [3.05, 3.63) is 46.8 Å². The predicted molar refractivity (Wildman–Crippen MR) is 101 cm³/mol. The van der Waals surface area contributed by atoms with E-state index in [9.17, 15) is 22.8 Å². The van der Waals surface area contributed by atoms with Crippen LogP contribution in [0.3, 0.4) is 0 Å². The number of anilines is 2. The van der Waals surface area contributed by atoms with Crippen LogP contribution in [0.2, 0.25) is 0 Å². The Labute approximate surface area is 161 Å². The molecule has 0 atom stereocenters. The molecular formula is C20H22F3N3O2. The SMILES string of the molecule is Cc1cc(NC(=O)c2cc(C)n(CC(F)(F)F)c2C)ccc1N1CCCC1=O. The summed E-state index contributed by atoms with van der Waals surface area (Å²) in [6, 6.07) is 6.69. The van der Waals surface area contributed by atoms with Crippen LogP contribution in [0.15, 0.2) is 24.3 Å². The van der Waals surface area contributed by atoms with Crippen LogP contribution in [0.5, 0.6) is 0 Å². The summed E-state index contributed by atoms with van der Waals surface area (Å²) < 4.78 is 39.3. The molecule has 2 amide bonds. The van der Waals surface area contributed by atoms with Gasteiger partial charge in [0.25, 0.3) is 5.91 Å². The summed E-state index contributed by atoms with van der Waals surface area (Å²) in [6.45, 7) is 4.44. The van der Waals surface area contributed by atoms with Crippen LogP contribution in [0, 0.1) is 20.8 Å². The highest BCUT2D eigenvalue weighted by atomic mass is 19.4. The zero-order valence-corrected chi connectivity index (χ0v) is 16.0. The van der Waals surface area contributed by atoms with Crippen molar-refractivity contribution < 1.29 is 22.8 Å². The van der Waals surface area contributed by atoms with Crippen molar-refractivity contribution in [2.24, 2.45) is 0 Å². The number of carbonyl (C=O) groups excluding carboxylic acids is 2. The zero-order valence-electron chi connectivity index (χ0n) is 16.0. The van der Waals surface area contributed by atoms with Gasteiger partial charge in [0.05, 0.1) is 5.56 Å². The first-order chi connectivity index (χ1) is 13.1. The molecule has 1 aromatic carbocycles. The number of nitrogens with zero attached hydrogens (tertiary/aromatic N) is 2. The van der Waals surface area contributed by atoms with Gasteiger partial charge in [-0.3, -0.25) is 9.59 Å². The van der Waals surface area contributed by atoms with Gasteiger partial charge in [0.15, 0.2) is 0 Å². The normalized spacial score (nSPS) is 14.6. The van der Waals surface area contributed by atoms with Gasteiger partial charge in [-0.25, -0.2) is 0 Å². The highest BCUT2D eigenvalue weighted by molar-refractivity contribution is 6.05. The molecule has 0 unspecified atom stereocenters. The third-order valence-corrected chi connectivity index (χ3v) is 4.97. The second-order valence-electron chi connectivity index (χ2n) is 7.09. The smallest absolute Gasteiger partial charge is 0.339 e. The largest absolute Gasteiger partial charge is 0.406 e. The Hall–Kier alpha value is -2.77. The lowest BCUT2D eigenvalue weighted by atomic mass is 10.1. The van der Waals surface area contributed by atoms with E-state index in [0.29, 0.717) is 24.3 Å². The standard InChI is InChI=1S/C20H22F3N3O2/c1-12-9-15(6-7-17(12)25-8-4-5-18(25)27)24-19(28)16-10-13(2)26(14(16)3)11-20(21,22)23/h6-7,9-10H,4-5,8,11H2,1-3H3,(H,24,28). The molecule has 3 rings (SSSR count). The second kappa shape index (κ2) is 7.33. The molecule has 0 radical (unpaired) electrons. The van der Waals surface area contributed by atoms with Crippen LogP contribution < -0.4 is 10.2 Å². The summed E-state index contributed by atoms with van der Waals surface area (Å²) in [5.74, 6) is -0.386. The molecular weight excluding hydrogens is 371 g/mol. The van der Waals surface area contributed by atoms with Gasteiger partial charge in [0.2, 0.25) is 5.91 Å². The van der Waals surface area contributed by atoms with Crippen molar-refractivity contribution in [1.82, 2.24) is 4.57 Å². The van der Waals surface area contributed by atoms with Gasteiger partial charge in [-0.2, -0.15) is 13.2 Å². The van der Waals surface area contributed by atoms with Crippen LogP contribution in [0.1, 0.15) is 40.2 Å². The monoisotopic (exact) mass is 393 g/mol.